The summed E-state index contributed by atoms with van der Waals surface area (Å²) in [6.45, 7) is 2.54. The highest BCUT2D eigenvalue weighted by Crippen LogP contribution is 2.30. The molecule has 1 aliphatic heterocycles. The Kier molecular flexibility index (Phi) is 2.66. The molecule has 2 N–H and O–H groups in total. The fraction of sp³-hybridized carbons (Fsp3) is 0.188. The van der Waals surface area contributed by atoms with Gasteiger partial charge in [0, 0.05) is 12.0 Å². The highest BCUT2D eigenvalue weighted by Gasteiger charge is 2.14. The lowest BCUT2D eigenvalue weighted by atomic mass is 10.0. The van der Waals surface area contributed by atoms with Crippen molar-refractivity contribution in [2.45, 2.75) is 13.3 Å². The molecule has 0 atom stereocenters. The molecule has 22 heavy (non-hydrogen) atoms. The summed E-state index contributed by atoms with van der Waals surface area (Å²) in [5, 5.41) is 0. The molecular formula is C16H13N3O3. The molecule has 0 spiro atoms. The summed E-state index contributed by atoms with van der Waals surface area (Å²) in [4.78, 5) is 32.6. The third-order valence-corrected chi connectivity index (χ3v) is 3.88. The van der Waals surface area contributed by atoms with E-state index in [0.717, 1.165) is 28.9 Å². The number of aromatic amines is 2. The largest absolute Gasteiger partial charge is 0.493 e. The molecule has 0 saturated carbocycles. The Morgan fingerprint density at radius 2 is 2.05 bits per heavy atom. The van der Waals surface area contributed by atoms with E-state index < -0.39 is 11.2 Å². The second-order valence-electron chi connectivity index (χ2n) is 5.38. The number of fused-ring (bicyclic) bond motifs is 2. The summed E-state index contributed by atoms with van der Waals surface area (Å²) in [5.74, 6) is 0.906. The average Bonchev–Trinajstić information content (AvgIpc) is 2.95. The molecule has 0 aliphatic carbocycles. The minimum Gasteiger partial charge on any atom is -0.493 e. The van der Waals surface area contributed by atoms with E-state index in [1.165, 1.54) is 0 Å². The van der Waals surface area contributed by atoms with Crippen LogP contribution in [0.1, 0.15) is 11.1 Å². The average molecular weight is 295 g/mol. The Balaban J connectivity index is 1.96. The maximum atomic E-state index is 12.0. The summed E-state index contributed by atoms with van der Waals surface area (Å²) in [6, 6.07) is 7.76. The van der Waals surface area contributed by atoms with Crippen molar-refractivity contribution in [3.8, 4) is 17.0 Å². The number of hydrogen-bond donors (Lipinski definition) is 2. The number of rotatable bonds is 1. The molecule has 4 rings (SSSR count). The Labute approximate surface area is 124 Å². The van der Waals surface area contributed by atoms with Gasteiger partial charge in [-0.3, -0.25) is 9.78 Å². The Morgan fingerprint density at radius 3 is 2.91 bits per heavy atom. The molecule has 110 valence electrons. The predicted molar refractivity (Wildman–Crippen MR) is 82.4 cm³/mol. The first-order valence-corrected chi connectivity index (χ1v) is 7.02. The van der Waals surface area contributed by atoms with Crippen LogP contribution in [0, 0.1) is 6.92 Å². The molecule has 0 fully saturated rings. The number of ether oxygens (including phenoxy) is 1. The summed E-state index contributed by atoms with van der Waals surface area (Å²) in [5.41, 5.74) is 3.30. The first-order chi connectivity index (χ1) is 10.6. The van der Waals surface area contributed by atoms with Crippen molar-refractivity contribution in [2.75, 3.05) is 6.61 Å². The van der Waals surface area contributed by atoms with Gasteiger partial charge in [0.05, 0.1) is 17.8 Å². The van der Waals surface area contributed by atoms with Crippen LogP contribution in [0.25, 0.3) is 22.3 Å². The molecular weight excluding hydrogens is 282 g/mol. The van der Waals surface area contributed by atoms with Gasteiger partial charge in [0.15, 0.2) is 5.52 Å². The molecule has 6 heteroatoms. The number of hydrogen-bond acceptors (Lipinski definition) is 4. The van der Waals surface area contributed by atoms with Crippen LogP contribution in [0.5, 0.6) is 5.75 Å². The van der Waals surface area contributed by atoms with Gasteiger partial charge in [0.25, 0.3) is 5.56 Å². The van der Waals surface area contributed by atoms with E-state index in [-0.39, 0.29) is 5.52 Å². The van der Waals surface area contributed by atoms with E-state index >= 15 is 0 Å². The predicted octanol–water partition coefficient (Wildman–Crippen LogP) is 1.52. The van der Waals surface area contributed by atoms with Crippen LogP contribution >= 0.6 is 0 Å². The van der Waals surface area contributed by atoms with Crippen LogP contribution in [0.3, 0.4) is 0 Å². The smallest absolute Gasteiger partial charge is 0.326 e. The lowest BCUT2D eigenvalue weighted by Crippen LogP contribution is -2.23. The molecule has 3 aromatic rings. The van der Waals surface area contributed by atoms with E-state index in [0.29, 0.717) is 17.8 Å². The van der Waals surface area contributed by atoms with Crippen LogP contribution in [0.2, 0.25) is 0 Å². The molecule has 1 aliphatic rings. The van der Waals surface area contributed by atoms with Crippen LogP contribution < -0.4 is 16.0 Å². The zero-order valence-corrected chi connectivity index (χ0v) is 11.9. The third-order valence-electron chi connectivity index (χ3n) is 3.88. The SMILES string of the molecule is Cc1cc(-c2ccc3c(c2)CCO3)nc2c(=O)[nH]c(=O)[nH]c12. The maximum Gasteiger partial charge on any atom is 0.326 e. The fourth-order valence-electron chi connectivity index (χ4n) is 2.80. The van der Waals surface area contributed by atoms with Crippen molar-refractivity contribution in [3.05, 3.63) is 56.2 Å². The quantitative estimate of drug-likeness (QED) is 0.712. The van der Waals surface area contributed by atoms with Crippen LogP contribution in [0.4, 0.5) is 0 Å². The van der Waals surface area contributed by atoms with E-state index in [2.05, 4.69) is 15.0 Å². The Hall–Kier alpha value is -2.89. The molecule has 0 saturated heterocycles. The van der Waals surface area contributed by atoms with Gasteiger partial charge in [-0.15, -0.1) is 0 Å². The van der Waals surface area contributed by atoms with Gasteiger partial charge >= 0.3 is 5.69 Å². The highest BCUT2D eigenvalue weighted by atomic mass is 16.5. The van der Waals surface area contributed by atoms with Gasteiger partial charge in [0.1, 0.15) is 5.75 Å². The molecule has 0 radical (unpaired) electrons. The molecule has 3 heterocycles. The Bertz CT molecular complexity index is 1020. The normalized spacial score (nSPS) is 13.1. The standard InChI is InChI=1S/C16H13N3O3/c1-8-6-11(9-2-3-12-10(7-9)4-5-22-12)17-14-13(8)18-16(21)19-15(14)20/h2-3,6-7H,4-5H2,1H3,(H2,18,19,20,21). The topological polar surface area (TPSA) is 87.8 Å². The van der Waals surface area contributed by atoms with Crippen molar-refractivity contribution in [1.29, 1.82) is 0 Å². The maximum absolute atomic E-state index is 12.0. The van der Waals surface area contributed by atoms with Crippen LogP contribution in [-0.4, -0.2) is 21.6 Å². The molecule has 6 nitrogen and oxygen atoms in total. The minimum absolute atomic E-state index is 0.242. The summed E-state index contributed by atoms with van der Waals surface area (Å²) in [6.07, 6.45) is 0.879. The van der Waals surface area contributed by atoms with Crippen molar-refractivity contribution >= 4 is 11.0 Å². The van der Waals surface area contributed by atoms with E-state index in [1.54, 1.807) is 0 Å². The van der Waals surface area contributed by atoms with Gasteiger partial charge in [-0.05, 0) is 42.3 Å². The van der Waals surface area contributed by atoms with Gasteiger partial charge in [-0.2, -0.15) is 0 Å². The van der Waals surface area contributed by atoms with Crippen molar-refractivity contribution in [3.63, 3.8) is 0 Å². The zero-order chi connectivity index (χ0) is 15.3. The number of nitrogens with one attached hydrogen (secondary N) is 2. The molecule has 0 amide bonds. The lowest BCUT2D eigenvalue weighted by molar-refractivity contribution is 0.357. The van der Waals surface area contributed by atoms with Gasteiger partial charge < -0.3 is 9.72 Å². The molecule has 1 aromatic carbocycles. The van der Waals surface area contributed by atoms with Gasteiger partial charge in [-0.1, -0.05) is 0 Å². The second-order valence-corrected chi connectivity index (χ2v) is 5.38. The third kappa shape index (κ3) is 1.92. The highest BCUT2D eigenvalue weighted by molar-refractivity contribution is 5.80. The zero-order valence-electron chi connectivity index (χ0n) is 11.9. The number of benzene rings is 1. The van der Waals surface area contributed by atoms with E-state index in [9.17, 15) is 9.59 Å². The number of aryl methyl sites for hydroxylation is 1. The van der Waals surface area contributed by atoms with Crippen molar-refractivity contribution in [2.24, 2.45) is 0 Å². The lowest BCUT2D eigenvalue weighted by Gasteiger charge is -2.07. The molecule has 0 unspecified atom stereocenters. The molecule has 2 aromatic heterocycles. The number of H-pyrrole nitrogens is 2. The fourth-order valence-corrected chi connectivity index (χ4v) is 2.80. The summed E-state index contributed by atoms with van der Waals surface area (Å²) < 4.78 is 5.50. The first-order valence-electron chi connectivity index (χ1n) is 7.02. The van der Waals surface area contributed by atoms with Gasteiger partial charge in [-0.25, -0.2) is 9.78 Å². The first kappa shape index (κ1) is 12.8. The number of nitrogens with zero attached hydrogens (tertiary/aromatic N) is 1. The van der Waals surface area contributed by atoms with E-state index in [4.69, 9.17) is 4.74 Å². The minimum atomic E-state index is -0.523. The Morgan fingerprint density at radius 1 is 1.18 bits per heavy atom. The molecule has 0 bridgehead atoms. The van der Waals surface area contributed by atoms with Gasteiger partial charge in [0.2, 0.25) is 0 Å². The summed E-state index contributed by atoms with van der Waals surface area (Å²) in [7, 11) is 0. The van der Waals surface area contributed by atoms with Crippen LogP contribution in [-0.2, 0) is 6.42 Å². The second kappa shape index (κ2) is 4.56. The van der Waals surface area contributed by atoms with Crippen LogP contribution in [0.15, 0.2) is 33.9 Å². The van der Waals surface area contributed by atoms with Crippen molar-refractivity contribution < 1.29 is 4.74 Å². The summed E-state index contributed by atoms with van der Waals surface area (Å²) >= 11 is 0. The van der Waals surface area contributed by atoms with Crippen molar-refractivity contribution in [1.82, 2.24) is 15.0 Å². The monoisotopic (exact) mass is 295 g/mol. The van der Waals surface area contributed by atoms with E-state index in [1.807, 2.05) is 31.2 Å². The number of aromatic nitrogens is 3. The number of pyridine rings is 1.